The molecule has 0 aromatic carbocycles. The number of primary amides is 1. The topological polar surface area (TPSA) is 55.1 Å². The average molecular weight is 164 g/mol. The molecule has 0 spiro atoms. The molecule has 2 rings (SSSR count). The number of fused-ring (bicyclic) bond motifs is 1. The fourth-order valence-corrected chi connectivity index (χ4v) is 1.80. The number of carbonyl (C=O) groups excluding carboxylic acids is 1. The van der Waals surface area contributed by atoms with Crippen LogP contribution in [0.4, 0.5) is 0 Å². The highest BCUT2D eigenvalue weighted by Gasteiger charge is 2.31. The van der Waals surface area contributed by atoms with Crippen LogP contribution in [-0.2, 0) is 4.79 Å². The number of hydrogen-bond donors (Lipinski definition) is 2. The van der Waals surface area contributed by atoms with Gasteiger partial charge in [-0.2, -0.15) is 0 Å². The Morgan fingerprint density at radius 2 is 2.50 bits per heavy atom. The predicted molar refractivity (Wildman–Crippen MR) is 46.1 cm³/mol. The molecule has 12 heavy (non-hydrogen) atoms. The van der Waals surface area contributed by atoms with E-state index in [2.05, 4.69) is 11.4 Å². The number of hydrogen-bond acceptors (Lipinski definition) is 2. The summed E-state index contributed by atoms with van der Waals surface area (Å²) in [5.41, 5.74) is 6.37. The first kappa shape index (κ1) is 7.40. The minimum atomic E-state index is -0.245. The van der Waals surface area contributed by atoms with E-state index >= 15 is 0 Å². The van der Waals surface area contributed by atoms with Gasteiger partial charge in [-0.1, -0.05) is 12.2 Å². The van der Waals surface area contributed by atoms with Gasteiger partial charge in [0.2, 0.25) is 5.91 Å². The molecule has 0 bridgehead atoms. The second-order valence-electron chi connectivity index (χ2n) is 3.32. The molecule has 1 saturated heterocycles. The van der Waals surface area contributed by atoms with Gasteiger partial charge in [-0.3, -0.25) is 4.79 Å². The van der Waals surface area contributed by atoms with Crippen LogP contribution in [0.15, 0.2) is 23.9 Å². The minimum absolute atomic E-state index is 0.152. The van der Waals surface area contributed by atoms with Crippen LogP contribution in [0, 0.1) is 5.92 Å². The van der Waals surface area contributed by atoms with Crippen LogP contribution < -0.4 is 11.1 Å². The van der Waals surface area contributed by atoms with Crippen LogP contribution in [0.5, 0.6) is 0 Å². The zero-order valence-corrected chi connectivity index (χ0v) is 6.79. The van der Waals surface area contributed by atoms with Crippen molar-refractivity contribution in [3.63, 3.8) is 0 Å². The van der Waals surface area contributed by atoms with Crippen molar-refractivity contribution in [2.24, 2.45) is 11.7 Å². The molecule has 0 saturated carbocycles. The van der Waals surface area contributed by atoms with E-state index in [1.165, 1.54) is 5.70 Å². The highest BCUT2D eigenvalue weighted by molar-refractivity contribution is 5.80. The first-order valence-electron chi connectivity index (χ1n) is 4.20. The third-order valence-electron chi connectivity index (χ3n) is 2.48. The number of nitrogens with one attached hydrogen (secondary N) is 1. The Morgan fingerprint density at radius 3 is 3.17 bits per heavy atom. The molecule has 3 nitrogen and oxygen atoms in total. The van der Waals surface area contributed by atoms with Gasteiger partial charge in [0.1, 0.15) is 6.04 Å². The maximum Gasteiger partial charge on any atom is 0.239 e. The second-order valence-corrected chi connectivity index (χ2v) is 3.32. The molecule has 3 N–H and O–H groups in total. The Bertz CT molecular complexity index is 268. The summed E-state index contributed by atoms with van der Waals surface area (Å²) in [7, 11) is 0. The summed E-state index contributed by atoms with van der Waals surface area (Å²) in [6.07, 6.45) is 8.05. The Kier molecular flexibility index (Phi) is 1.64. The van der Waals surface area contributed by atoms with Crippen LogP contribution in [0.2, 0.25) is 0 Å². The van der Waals surface area contributed by atoms with E-state index in [1.54, 1.807) is 0 Å². The van der Waals surface area contributed by atoms with Gasteiger partial charge < -0.3 is 11.1 Å². The average Bonchev–Trinajstić information content (AvgIpc) is 2.46. The quantitative estimate of drug-likeness (QED) is 0.585. The minimum Gasteiger partial charge on any atom is -0.377 e. The maximum absolute atomic E-state index is 10.9. The lowest BCUT2D eigenvalue weighted by Gasteiger charge is -2.10. The highest BCUT2D eigenvalue weighted by atomic mass is 16.1. The number of nitrogens with two attached hydrogens (primary N) is 1. The lowest BCUT2D eigenvalue weighted by atomic mass is 9.95. The van der Waals surface area contributed by atoms with E-state index in [-0.39, 0.29) is 11.9 Å². The van der Waals surface area contributed by atoms with E-state index in [9.17, 15) is 4.79 Å². The fourth-order valence-electron chi connectivity index (χ4n) is 1.80. The van der Waals surface area contributed by atoms with Crippen molar-refractivity contribution in [2.75, 3.05) is 0 Å². The van der Waals surface area contributed by atoms with Crippen LogP contribution in [-0.4, -0.2) is 11.9 Å². The number of carbonyl (C=O) groups is 1. The monoisotopic (exact) mass is 164 g/mol. The molecular weight excluding hydrogens is 152 g/mol. The van der Waals surface area contributed by atoms with Gasteiger partial charge in [0, 0.05) is 11.6 Å². The number of amides is 1. The SMILES string of the molecule is NC(=O)C1CC2CC=CC=C2N1. The summed E-state index contributed by atoms with van der Waals surface area (Å²) in [4.78, 5) is 10.9. The second kappa shape index (κ2) is 2.66. The lowest BCUT2D eigenvalue weighted by molar-refractivity contribution is -0.119. The van der Waals surface area contributed by atoms with E-state index in [0.717, 1.165) is 12.8 Å². The normalized spacial score (nSPS) is 32.2. The van der Waals surface area contributed by atoms with Crippen molar-refractivity contribution in [1.29, 1.82) is 0 Å². The summed E-state index contributed by atoms with van der Waals surface area (Å²) >= 11 is 0. The molecule has 1 aliphatic carbocycles. The first-order chi connectivity index (χ1) is 5.77. The van der Waals surface area contributed by atoms with E-state index in [0.29, 0.717) is 5.92 Å². The Labute approximate surface area is 71.3 Å². The van der Waals surface area contributed by atoms with Gasteiger partial charge in [0.25, 0.3) is 0 Å². The van der Waals surface area contributed by atoms with Crippen molar-refractivity contribution in [1.82, 2.24) is 5.32 Å². The molecule has 0 radical (unpaired) electrons. The third kappa shape index (κ3) is 1.11. The van der Waals surface area contributed by atoms with Crippen molar-refractivity contribution in [3.8, 4) is 0 Å². The molecule has 2 atom stereocenters. The van der Waals surface area contributed by atoms with Gasteiger partial charge in [-0.15, -0.1) is 0 Å². The van der Waals surface area contributed by atoms with Gasteiger partial charge >= 0.3 is 0 Å². The lowest BCUT2D eigenvalue weighted by Crippen LogP contribution is -2.35. The third-order valence-corrected chi connectivity index (χ3v) is 2.48. The predicted octanol–water partition coefficient (Wildman–Crippen LogP) is 0.294. The Morgan fingerprint density at radius 1 is 1.67 bits per heavy atom. The molecule has 0 aromatic heterocycles. The molecule has 1 heterocycles. The molecule has 0 aromatic rings. The summed E-state index contributed by atoms with van der Waals surface area (Å²) in [6, 6.07) is -0.152. The van der Waals surface area contributed by atoms with E-state index < -0.39 is 0 Å². The van der Waals surface area contributed by atoms with E-state index in [4.69, 9.17) is 5.73 Å². The molecule has 1 fully saturated rings. The smallest absolute Gasteiger partial charge is 0.239 e. The molecule has 1 amide bonds. The first-order valence-corrected chi connectivity index (χ1v) is 4.20. The van der Waals surface area contributed by atoms with Gasteiger partial charge in [-0.05, 0) is 18.9 Å². The Hall–Kier alpha value is -1.25. The van der Waals surface area contributed by atoms with Crippen LogP contribution >= 0.6 is 0 Å². The molecule has 64 valence electrons. The molecular formula is C9H12N2O. The largest absolute Gasteiger partial charge is 0.377 e. The zero-order chi connectivity index (χ0) is 8.55. The maximum atomic E-state index is 10.9. The van der Waals surface area contributed by atoms with E-state index in [1.807, 2.05) is 12.2 Å². The fraction of sp³-hybridized carbons (Fsp3) is 0.444. The van der Waals surface area contributed by atoms with Crippen LogP contribution in [0.25, 0.3) is 0 Å². The van der Waals surface area contributed by atoms with Gasteiger partial charge in [0.05, 0.1) is 0 Å². The Balaban J connectivity index is 2.12. The summed E-state index contributed by atoms with van der Waals surface area (Å²) in [6.45, 7) is 0. The molecule has 1 aliphatic heterocycles. The summed E-state index contributed by atoms with van der Waals surface area (Å²) in [5.74, 6) is 0.248. The van der Waals surface area contributed by atoms with Crippen molar-refractivity contribution < 1.29 is 4.79 Å². The summed E-state index contributed by atoms with van der Waals surface area (Å²) in [5, 5.41) is 3.13. The molecule has 2 aliphatic rings. The standard InChI is InChI=1S/C9H12N2O/c10-9(12)8-5-6-3-1-2-4-7(6)11-8/h1-2,4,6,8,11H,3,5H2,(H2,10,12). The van der Waals surface area contributed by atoms with Gasteiger partial charge in [0.15, 0.2) is 0 Å². The molecule has 3 heteroatoms. The van der Waals surface area contributed by atoms with Crippen molar-refractivity contribution >= 4 is 5.91 Å². The zero-order valence-electron chi connectivity index (χ0n) is 6.79. The molecule has 2 unspecified atom stereocenters. The number of allylic oxidation sites excluding steroid dienone is 4. The van der Waals surface area contributed by atoms with Crippen molar-refractivity contribution in [3.05, 3.63) is 23.9 Å². The van der Waals surface area contributed by atoms with Crippen LogP contribution in [0.3, 0.4) is 0 Å². The number of rotatable bonds is 1. The summed E-state index contributed by atoms with van der Waals surface area (Å²) < 4.78 is 0. The highest BCUT2D eigenvalue weighted by Crippen LogP contribution is 2.29. The van der Waals surface area contributed by atoms with Gasteiger partial charge in [-0.25, -0.2) is 0 Å². The van der Waals surface area contributed by atoms with Crippen LogP contribution in [0.1, 0.15) is 12.8 Å². The van der Waals surface area contributed by atoms with Crippen molar-refractivity contribution in [2.45, 2.75) is 18.9 Å².